The minimum atomic E-state index is -0.566. The number of aryl methyl sites for hydroxylation is 2. The lowest BCUT2D eigenvalue weighted by molar-refractivity contribution is 0.113. The van der Waals surface area contributed by atoms with Gasteiger partial charge in [0.1, 0.15) is 0 Å². The third-order valence-corrected chi connectivity index (χ3v) is 3.87. The van der Waals surface area contributed by atoms with Gasteiger partial charge in [0.05, 0.1) is 12.7 Å². The standard InChI is InChI=1S/C14H22O2S/c1-2-12-5-3-6-13(9-12)7-4-8-17-11-14(16)10-15/h3,5-6,9,14-16H,2,4,7-8,10-11H2,1H3. The molecule has 0 bridgehead atoms. The van der Waals surface area contributed by atoms with E-state index in [4.69, 9.17) is 5.11 Å². The van der Waals surface area contributed by atoms with E-state index in [0.717, 1.165) is 25.0 Å². The van der Waals surface area contributed by atoms with Gasteiger partial charge in [0.25, 0.3) is 0 Å². The molecular formula is C14H22O2S. The van der Waals surface area contributed by atoms with Crippen LogP contribution in [-0.4, -0.2) is 34.4 Å². The molecule has 1 unspecified atom stereocenters. The Morgan fingerprint density at radius 1 is 1.29 bits per heavy atom. The molecule has 0 amide bonds. The highest BCUT2D eigenvalue weighted by Crippen LogP contribution is 2.11. The van der Waals surface area contributed by atoms with Crippen LogP contribution in [0.5, 0.6) is 0 Å². The first kappa shape index (κ1) is 14.6. The highest BCUT2D eigenvalue weighted by atomic mass is 32.2. The summed E-state index contributed by atoms with van der Waals surface area (Å²) in [6, 6.07) is 8.73. The number of hydrogen-bond acceptors (Lipinski definition) is 3. The summed E-state index contributed by atoms with van der Waals surface area (Å²) in [6.07, 6.45) is 2.74. The molecule has 2 nitrogen and oxygen atoms in total. The number of hydrogen-bond donors (Lipinski definition) is 2. The Kier molecular flexibility index (Phi) is 7.33. The van der Waals surface area contributed by atoms with Crippen LogP contribution in [0.4, 0.5) is 0 Å². The Morgan fingerprint density at radius 3 is 2.76 bits per heavy atom. The molecule has 0 saturated heterocycles. The zero-order valence-electron chi connectivity index (χ0n) is 10.4. The Morgan fingerprint density at radius 2 is 2.06 bits per heavy atom. The summed E-state index contributed by atoms with van der Waals surface area (Å²) in [5, 5.41) is 17.8. The Hall–Kier alpha value is -0.510. The molecule has 2 N–H and O–H groups in total. The monoisotopic (exact) mass is 254 g/mol. The average Bonchev–Trinajstić information content (AvgIpc) is 2.38. The van der Waals surface area contributed by atoms with Gasteiger partial charge >= 0.3 is 0 Å². The quantitative estimate of drug-likeness (QED) is 0.699. The van der Waals surface area contributed by atoms with Gasteiger partial charge in [-0.15, -0.1) is 0 Å². The van der Waals surface area contributed by atoms with Gasteiger partial charge in [0.15, 0.2) is 0 Å². The largest absolute Gasteiger partial charge is 0.394 e. The van der Waals surface area contributed by atoms with Crippen LogP contribution in [0.15, 0.2) is 24.3 Å². The van der Waals surface area contributed by atoms with Crippen LogP contribution in [0, 0.1) is 0 Å². The highest BCUT2D eigenvalue weighted by Gasteiger charge is 2.01. The Bertz CT molecular complexity index is 315. The number of aliphatic hydroxyl groups excluding tert-OH is 2. The van der Waals surface area contributed by atoms with E-state index in [1.54, 1.807) is 11.8 Å². The molecule has 0 radical (unpaired) electrons. The Labute approximate surface area is 108 Å². The van der Waals surface area contributed by atoms with E-state index in [9.17, 15) is 5.11 Å². The highest BCUT2D eigenvalue weighted by molar-refractivity contribution is 7.99. The summed E-state index contributed by atoms with van der Waals surface area (Å²) in [5.41, 5.74) is 2.79. The smallest absolute Gasteiger partial charge is 0.0861 e. The minimum absolute atomic E-state index is 0.133. The number of rotatable bonds is 8. The van der Waals surface area contributed by atoms with Crippen LogP contribution in [0.1, 0.15) is 24.5 Å². The maximum absolute atomic E-state index is 9.17. The zero-order valence-corrected chi connectivity index (χ0v) is 11.2. The second kappa shape index (κ2) is 8.56. The van der Waals surface area contributed by atoms with Gasteiger partial charge in [0.2, 0.25) is 0 Å². The molecule has 96 valence electrons. The van der Waals surface area contributed by atoms with Gasteiger partial charge < -0.3 is 10.2 Å². The molecule has 1 rings (SSSR count). The van der Waals surface area contributed by atoms with Gasteiger partial charge in [-0.2, -0.15) is 11.8 Å². The second-order valence-electron chi connectivity index (χ2n) is 4.19. The van der Waals surface area contributed by atoms with Gasteiger partial charge in [0, 0.05) is 5.75 Å². The van der Waals surface area contributed by atoms with Crippen molar-refractivity contribution in [2.45, 2.75) is 32.3 Å². The molecule has 0 aromatic heterocycles. The van der Waals surface area contributed by atoms with Crippen LogP contribution in [0.25, 0.3) is 0 Å². The van der Waals surface area contributed by atoms with E-state index < -0.39 is 6.10 Å². The first-order valence-corrected chi connectivity index (χ1v) is 7.36. The van der Waals surface area contributed by atoms with Crippen LogP contribution < -0.4 is 0 Å². The molecule has 0 aliphatic heterocycles. The number of aliphatic hydroxyl groups is 2. The van der Waals surface area contributed by atoms with Crippen molar-refractivity contribution < 1.29 is 10.2 Å². The van der Waals surface area contributed by atoms with E-state index in [1.165, 1.54) is 11.1 Å². The van der Waals surface area contributed by atoms with Gasteiger partial charge in [-0.25, -0.2) is 0 Å². The van der Waals surface area contributed by atoms with Gasteiger partial charge in [-0.3, -0.25) is 0 Å². The molecule has 0 aliphatic rings. The average molecular weight is 254 g/mol. The predicted molar refractivity (Wildman–Crippen MR) is 74.6 cm³/mol. The van der Waals surface area contributed by atoms with E-state index in [0.29, 0.717) is 5.75 Å². The normalized spacial score (nSPS) is 12.6. The third kappa shape index (κ3) is 6.10. The van der Waals surface area contributed by atoms with Gasteiger partial charge in [-0.05, 0) is 36.1 Å². The molecule has 0 spiro atoms. The lowest BCUT2D eigenvalue weighted by atomic mass is 10.1. The van der Waals surface area contributed by atoms with Crippen molar-refractivity contribution in [3.05, 3.63) is 35.4 Å². The summed E-state index contributed by atoms with van der Waals surface area (Å²) in [7, 11) is 0. The molecule has 0 aliphatic carbocycles. The fourth-order valence-corrected chi connectivity index (χ4v) is 2.55. The number of thioether (sulfide) groups is 1. The fourth-order valence-electron chi connectivity index (χ4n) is 1.66. The first-order valence-electron chi connectivity index (χ1n) is 6.20. The van der Waals surface area contributed by atoms with E-state index in [2.05, 4.69) is 31.2 Å². The molecule has 0 heterocycles. The van der Waals surface area contributed by atoms with Crippen LogP contribution >= 0.6 is 11.8 Å². The van der Waals surface area contributed by atoms with Crippen molar-refractivity contribution in [3.63, 3.8) is 0 Å². The molecule has 17 heavy (non-hydrogen) atoms. The van der Waals surface area contributed by atoms with Crippen molar-refractivity contribution in [1.29, 1.82) is 0 Å². The maximum Gasteiger partial charge on any atom is 0.0861 e. The van der Waals surface area contributed by atoms with E-state index in [1.807, 2.05) is 0 Å². The lowest BCUT2D eigenvalue weighted by Crippen LogP contribution is -2.14. The molecule has 0 fully saturated rings. The maximum atomic E-state index is 9.17. The van der Waals surface area contributed by atoms with Crippen LogP contribution in [-0.2, 0) is 12.8 Å². The summed E-state index contributed by atoms with van der Waals surface area (Å²) in [5.74, 6) is 1.67. The Balaban J connectivity index is 2.17. The zero-order chi connectivity index (χ0) is 12.5. The van der Waals surface area contributed by atoms with Crippen molar-refractivity contribution in [2.24, 2.45) is 0 Å². The number of benzene rings is 1. The van der Waals surface area contributed by atoms with Crippen molar-refractivity contribution in [3.8, 4) is 0 Å². The SMILES string of the molecule is CCc1cccc(CCCSCC(O)CO)c1. The second-order valence-corrected chi connectivity index (χ2v) is 5.34. The predicted octanol–water partition coefficient (Wildman–Crippen LogP) is 2.27. The molecule has 0 saturated carbocycles. The molecular weight excluding hydrogens is 232 g/mol. The van der Waals surface area contributed by atoms with Crippen molar-refractivity contribution in [2.75, 3.05) is 18.1 Å². The van der Waals surface area contributed by atoms with Crippen molar-refractivity contribution in [1.82, 2.24) is 0 Å². The lowest BCUT2D eigenvalue weighted by Gasteiger charge is -2.07. The van der Waals surface area contributed by atoms with E-state index in [-0.39, 0.29) is 6.61 Å². The third-order valence-electron chi connectivity index (χ3n) is 2.67. The molecule has 3 heteroatoms. The fraction of sp³-hybridized carbons (Fsp3) is 0.571. The van der Waals surface area contributed by atoms with E-state index >= 15 is 0 Å². The van der Waals surface area contributed by atoms with Crippen LogP contribution in [0.3, 0.4) is 0 Å². The molecule has 1 atom stereocenters. The summed E-state index contributed by atoms with van der Waals surface area (Å²) < 4.78 is 0. The minimum Gasteiger partial charge on any atom is -0.394 e. The summed E-state index contributed by atoms with van der Waals surface area (Å²) in [6.45, 7) is 2.04. The van der Waals surface area contributed by atoms with Gasteiger partial charge in [-0.1, -0.05) is 31.2 Å². The summed E-state index contributed by atoms with van der Waals surface area (Å²) >= 11 is 1.71. The molecule has 1 aromatic rings. The molecule has 1 aromatic carbocycles. The topological polar surface area (TPSA) is 40.5 Å². The van der Waals surface area contributed by atoms with Crippen molar-refractivity contribution >= 4 is 11.8 Å². The summed E-state index contributed by atoms with van der Waals surface area (Å²) in [4.78, 5) is 0. The van der Waals surface area contributed by atoms with Crippen LogP contribution in [0.2, 0.25) is 0 Å². The first-order chi connectivity index (χ1) is 8.26.